The summed E-state index contributed by atoms with van der Waals surface area (Å²) in [6.07, 6.45) is 5.00. The Bertz CT molecular complexity index is 966. The van der Waals surface area contributed by atoms with Crippen molar-refractivity contribution in [3.8, 4) is 0 Å². The second kappa shape index (κ2) is 8.83. The van der Waals surface area contributed by atoms with E-state index in [0.717, 1.165) is 30.5 Å². The molecule has 9 nitrogen and oxygen atoms in total. The summed E-state index contributed by atoms with van der Waals surface area (Å²) in [5, 5.41) is 15.5. The van der Waals surface area contributed by atoms with Crippen LogP contribution in [0.15, 0.2) is 24.3 Å². The number of benzene rings is 1. The summed E-state index contributed by atoms with van der Waals surface area (Å²) >= 11 is 6.15. The van der Waals surface area contributed by atoms with Crippen LogP contribution in [0, 0.1) is 6.92 Å². The third kappa shape index (κ3) is 4.62. The lowest BCUT2D eigenvalue weighted by atomic mass is 10.0. The van der Waals surface area contributed by atoms with E-state index in [9.17, 15) is 9.59 Å². The van der Waals surface area contributed by atoms with Gasteiger partial charge < -0.3 is 15.1 Å². The topological polar surface area (TPSA) is 96.3 Å². The van der Waals surface area contributed by atoms with E-state index in [1.807, 2.05) is 21.9 Å². The predicted molar refractivity (Wildman–Crippen MR) is 112 cm³/mol. The van der Waals surface area contributed by atoms with Crippen molar-refractivity contribution in [1.82, 2.24) is 35.3 Å². The molecule has 0 bridgehead atoms. The monoisotopic (exact) mass is 429 g/mol. The Morgan fingerprint density at radius 2 is 2.10 bits per heavy atom. The number of amides is 3. The summed E-state index contributed by atoms with van der Waals surface area (Å²) in [4.78, 5) is 29.7. The zero-order valence-electron chi connectivity index (χ0n) is 16.8. The molecule has 2 aromatic rings. The number of likely N-dealkylation sites (tertiary alicyclic amines) is 1. The molecular weight excluding hydrogens is 406 g/mol. The molecule has 2 saturated heterocycles. The molecule has 0 unspecified atom stereocenters. The standard InChI is InChI=1S/C20H24ClN7O2/c1-14-23-25-28(24-14)13-16-12-17(21)4-2-15(16)3-5-19(29)26-9-6-18(7-10-26)27-11-8-22-20(27)30/h2-5,12,18H,6-11,13H2,1H3,(H,22,30). The van der Waals surface area contributed by atoms with E-state index in [-0.39, 0.29) is 18.0 Å². The highest BCUT2D eigenvalue weighted by atomic mass is 35.5. The third-order valence-electron chi connectivity index (χ3n) is 5.48. The van der Waals surface area contributed by atoms with Crippen LogP contribution in [0.25, 0.3) is 6.08 Å². The molecule has 1 aromatic heterocycles. The van der Waals surface area contributed by atoms with Crippen molar-refractivity contribution < 1.29 is 9.59 Å². The smallest absolute Gasteiger partial charge is 0.317 e. The van der Waals surface area contributed by atoms with E-state index < -0.39 is 0 Å². The Hall–Kier alpha value is -2.94. The van der Waals surface area contributed by atoms with E-state index >= 15 is 0 Å². The summed E-state index contributed by atoms with van der Waals surface area (Å²) in [5.41, 5.74) is 1.79. The Labute approximate surface area is 179 Å². The fourth-order valence-electron chi connectivity index (χ4n) is 3.92. The molecule has 2 fully saturated rings. The first kappa shape index (κ1) is 20.3. The van der Waals surface area contributed by atoms with E-state index in [4.69, 9.17) is 11.6 Å². The van der Waals surface area contributed by atoms with Gasteiger partial charge in [0.2, 0.25) is 5.91 Å². The van der Waals surface area contributed by atoms with E-state index in [1.165, 1.54) is 4.80 Å². The Morgan fingerprint density at radius 3 is 2.77 bits per heavy atom. The van der Waals surface area contributed by atoms with Crippen molar-refractivity contribution in [1.29, 1.82) is 0 Å². The van der Waals surface area contributed by atoms with Gasteiger partial charge in [-0.2, -0.15) is 4.80 Å². The van der Waals surface area contributed by atoms with Crippen LogP contribution in [-0.2, 0) is 11.3 Å². The van der Waals surface area contributed by atoms with Crippen molar-refractivity contribution in [3.05, 3.63) is 46.2 Å². The van der Waals surface area contributed by atoms with Gasteiger partial charge in [0.05, 0.1) is 6.54 Å². The van der Waals surface area contributed by atoms with Crippen LogP contribution in [0.2, 0.25) is 5.02 Å². The largest absolute Gasteiger partial charge is 0.339 e. The average molecular weight is 430 g/mol. The molecule has 3 heterocycles. The molecule has 30 heavy (non-hydrogen) atoms. The molecule has 0 spiro atoms. The van der Waals surface area contributed by atoms with Crippen LogP contribution in [0.1, 0.15) is 29.8 Å². The lowest BCUT2D eigenvalue weighted by molar-refractivity contribution is -0.127. The predicted octanol–water partition coefficient (Wildman–Crippen LogP) is 1.71. The minimum absolute atomic E-state index is 0.00649. The summed E-state index contributed by atoms with van der Waals surface area (Å²) in [6.45, 7) is 4.93. The van der Waals surface area contributed by atoms with Gasteiger partial charge in [-0.25, -0.2) is 4.79 Å². The molecule has 0 saturated carbocycles. The third-order valence-corrected chi connectivity index (χ3v) is 5.72. The van der Waals surface area contributed by atoms with Gasteiger partial charge >= 0.3 is 6.03 Å². The quantitative estimate of drug-likeness (QED) is 0.730. The maximum absolute atomic E-state index is 12.7. The number of nitrogens with zero attached hydrogens (tertiary/aromatic N) is 6. The molecule has 0 atom stereocenters. The molecule has 158 valence electrons. The van der Waals surface area contributed by atoms with Crippen LogP contribution in [0.4, 0.5) is 4.79 Å². The SMILES string of the molecule is Cc1nnn(Cc2cc(Cl)ccc2C=CC(=O)N2CCC(N3CCNC3=O)CC2)n1. The fraction of sp³-hybridized carbons (Fsp3) is 0.450. The van der Waals surface area contributed by atoms with Gasteiger partial charge in [-0.15, -0.1) is 10.2 Å². The highest BCUT2D eigenvalue weighted by Crippen LogP contribution is 2.20. The molecule has 0 radical (unpaired) electrons. The average Bonchev–Trinajstić information content (AvgIpc) is 3.35. The van der Waals surface area contributed by atoms with Crippen molar-refractivity contribution >= 4 is 29.6 Å². The number of aromatic nitrogens is 4. The fourth-order valence-corrected chi connectivity index (χ4v) is 4.11. The van der Waals surface area contributed by atoms with Crippen LogP contribution in [-0.4, -0.2) is 74.2 Å². The highest BCUT2D eigenvalue weighted by Gasteiger charge is 2.31. The summed E-state index contributed by atoms with van der Waals surface area (Å²) in [6, 6.07) is 5.73. The number of rotatable bonds is 5. The Kier molecular flexibility index (Phi) is 5.98. The van der Waals surface area contributed by atoms with Gasteiger partial charge in [-0.05, 0) is 54.3 Å². The lowest BCUT2D eigenvalue weighted by Gasteiger charge is -2.35. The highest BCUT2D eigenvalue weighted by molar-refractivity contribution is 6.30. The molecule has 10 heteroatoms. The minimum Gasteiger partial charge on any atom is -0.339 e. The molecule has 2 aliphatic heterocycles. The first-order valence-electron chi connectivity index (χ1n) is 10.0. The number of urea groups is 1. The van der Waals surface area contributed by atoms with Crippen LogP contribution in [0.3, 0.4) is 0 Å². The van der Waals surface area contributed by atoms with Gasteiger partial charge in [-0.1, -0.05) is 17.7 Å². The number of piperidine rings is 1. The van der Waals surface area contributed by atoms with Crippen LogP contribution in [0.5, 0.6) is 0 Å². The number of carbonyl (C=O) groups is 2. The number of hydrogen-bond acceptors (Lipinski definition) is 5. The maximum Gasteiger partial charge on any atom is 0.317 e. The summed E-state index contributed by atoms with van der Waals surface area (Å²) in [7, 11) is 0. The first-order valence-corrected chi connectivity index (χ1v) is 10.4. The van der Waals surface area contributed by atoms with Crippen molar-refractivity contribution in [3.63, 3.8) is 0 Å². The van der Waals surface area contributed by atoms with Crippen LogP contribution >= 0.6 is 11.6 Å². The molecule has 1 N–H and O–H groups in total. The maximum atomic E-state index is 12.7. The molecule has 4 rings (SSSR count). The Morgan fingerprint density at radius 1 is 1.30 bits per heavy atom. The van der Waals surface area contributed by atoms with E-state index in [1.54, 1.807) is 25.1 Å². The number of hydrogen-bond donors (Lipinski definition) is 1. The molecule has 2 aliphatic rings. The number of halogens is 1. The molecule has 1 aromatic carbocycles. The lowest BCUT2D eigenvalue weighted by Crippen LogP contribution is -2.47. The molecule has 0 aliphatic carbocycles. The second-order valence-electron chi connectivity index (χ2n) is 7.53. The second-order valence-corrected chi connectivity index (χ2v) is 7.96. The minimum atomic E-state index is -0.0325. The van der Waals surface area contributed by atoms with Crippen LogP contribution < -0.4 is 5.32 Å². The summed E-state index contributed by atoms with van der Waals surface area (Å²) < 4.78 is 0. The number of aryl methyl sites for hydroxylation is 1. The number of carbonyl (C=O) groups excluding carboxylic acids is 2. The molecular formula is C20H24ClN7O2. The van der Waals surface area contributed by atoms with E-state index in [2.05, 4.69) is 20.7 Å². The Balaban J connectivity index is 1.39. The van der Waals surface area contributed by atoms with Crippen molar-refractivity contribution in [2.24, 2.45) is 0 Å². The zero-order chi connectivity index (χ0) is 21.1. The van der Waals surface area contributed by atoms with Crippen molar-refractivity contribution in [2.75, 3.05) is 26.2 Å². The normalized spacial score (nSPS) is 17.7. The van der Waals surface area contributed by atoms with E-state index in [0.29, 0.717) is 37.0 Å². The van der Waals surface area contributed by atoms with Crippen molar-refractivity contribution in [2.45, 2.75) is 32.4 Å². The van der Waals surface area contributed by atoms with Gasteiger partial charge in [-0.3, -0.25) is 4.79 Å². The molecule has 3 amide bonds. The van der Waals surface area contributed by atoms with Gasteiger partial charge in [0.15, 0.2) is 5.82 Å². The summed E-state index contributed by atoms with van der Waals surface area (Å²) in [5.74, 6) is 0.564. The number of nitrogens with one attached hydrogen (secondary N) is 1. The zero-order valence-corrected chi connectivity index (χ0v) is 17.5. The number of tetrazole rings is 1. The van der Waals surface area contributed by atoms with Gasteiger partial charge in [0, 0.05) is 43.3 Å². The first-order chi connectivity index (χ1) is 14.5. The van der Waals surface area contributed by atoms with Gasteiger partial charge in [0.1, 0.15) is 0 Å². The van der Waals surface area contributed by atoms with Gasteiger partial charge in [0.25, 0.3) is 0 Å².